The predicted octanol–water partition coefficient (Wildman–Crippen LogP) is 2.71. The second-order valence-corrected chi connectivity index (χ2v) is 5.29. The standard InChI is InChI=1S/C18H16N4O2/c1-12-16(13(2)22(21-12)14-8-4-3-5-9-14)17(23)18(24)20-15-10-6-7-11-19-15/h3-11H,1-2H3,(H,19,20,24). The van der Waals surface area contributed by atoms with Gasteiger partial charge in [0.1, 0.15) is 5.82 Å². The summed E-state index contributed by atoms with van der Waals surface area (Å²) in [5.41, 5.74) is 2.28. The van der Waals surface area contributed by atoms with Crippen LogP contribution in [0.3, 0.4) is 0 Å². The molecular formula is C18H16N4O2. The highest BCUT2D eigenvalue weighted by Crippen LogP contribution is 2.19. The molecule has 6 heteroatoms. The van der Waals surface area contributed by atoms with Crippen molar-refractivity contribution in [1.29, 1.82) is 0 Å². The molecule has 0 fully saturated rings. The molecule has 0 unspecified atom stereocenters. The molecule has 0 saturated heterocycles. The summed E-state index contributed by atoms with van der Waals surface area (Å²) >= 11 is 0. The summed E-state index contributed by atoms with van der Waals surface area (Å²) < 4.78 is 1.66. The van der Waals surface area contributed by atoms with Gasteiger partial charge in [0.2, 0.25) is 0 Å². The monoisotopic (exact) mass is 320 g/mol. The molecule has 0 spiro atoms. The first-order chi connectivity index (χ1) is 11.6. The minimum atomic E-state index is -0.729. The van der Waals surface area contributed by atoms with E-state index in [9.17, 15) is 9.59 Å². The predicted molar refractivity (Wildman–Crippen MR) is 90.2 cm³/mol. The van der Waals surface area contributed by atoms with Crippen LogP contribution in [0.15, 0.2) is 54.7 Å². The third-order valence-electron chi connectivity index (χ3n) is 3.63. The largest absolute Gasteiger partial charge is 0.304 e. The van der Waals surface area contributed by atoms with Crippen molar-refractivity contribution in [3.8, 4) is 5.69 Å². The number of Topliss-reactive ketones (excluding diaryl/α,β-unsaturated/α-hetero) is 1. The molecule has 1 amide bonds. The van der Waals surface area contributed by atoms with Crippen LogP contribution >= 0.6 is 0 Å². The molecule has 24 heavy (non-hydrogen) atoms. The summed E-state index contributed by atoms with van der Waals surface area (Å²) in [4.78, 5) is 28.8. The summed E-state index contributed by atoms with van der Waals surface area (Å²) in [6.07, 6.45) is 1.55. The van der Waals surface area contributed by atoms with Crippen molar-refractivity contribution in [2.75, 3.05) is 5.32 Å². The highest BCUT2D eigenvalue weighted by atomic mass is 16.2. The normalized spacial score (nSPS) is 10.4. The van der Waals surface area contributed by atoms with E-state index in [2.05, 4.69) is 15.4 Å². The maximum absolute atomic E-state index is 12.5. The van der Waals surface area contributed by atoms with Gasteiger partial charge in [-0.1, -0.05) is 24.3 Å². The number of pyridine rings is 1. The zero-order valence-electron chi connectivity index (χ0n) is 13.4. The van der Waals surface area contributed by atoms with Crippen molar-refractivity contribution in [2.24, 2.45) is 0 Å². The first-order valence-corrected chi connectivity index (χ1v) is 7.46. The van der Waals surface area contributed by atoms with E-state index in [1.807, 2.05) is 30.3 Å². The highest BCUT2D eigenvalue weighted by molar-refractivity contribution is 6.47. The molecule has 0 aliphatic carbocycles. The van der Waals surface area contributed by atoms with Crippen LogP contribution in [0.2, 0.25) is 0 Å². The smallest absolute Gasteiger partial charge is 0.298 e. The quantitative estimate of drug-likeness (QED) is 0.592. The Hall–Kier alpha value is -3.28. The Morgan fingerprint density at radius 1 is 1.00 bits per heavy atom. The molecule has 0 atom stereocenters. The number of aromatic nitrogens is 3. The fraction of sp³-hybridized carbons (Fsp3) is 0.111. The number of amides is 1. The zero-order valence-corrected chi connectivity index (χ0v) is 13.4. The third-order valence-corrected chi connectivity index (χ3v) is 3.63. The molecule has 1 N–H and O–H groups in total. The van der Waals surface area contributed by atoms with Gasteiger partial charge in [-0.2, -0.15) is 5.10 Å². The average molecular weight is 320 g/mol. The molecule has 0 radical (unpaired) electrons. The van der Waals surface area contributed by atoms with Crippen molar-refractivity contribution < 1.29 is 9.59 Å². The Morgan fingerprint density at radius 3 is 2.38 bits per heavy atom. The number of nitrogens with zero attached hydrogens (tertiary/aromatic N) is 3. The number of hydrogen-bond acceptors (Lipinski definition) is 4. The van der Waals surface area contributed by atoms with Gasteiger partial charge < -0.3 is 5.32 Å². The van der Waals surface area contributed by atoms with Crippen LogP contribution in [-0.2, 0) is 4.79 Å². The summed E-state index contributed by atoms with van der Waals surface area (Å²) in [5, 5.41) is 6.90. The van der Waals surface area contributed by atoms with Gasteiger partial charge >= 0.3 is 0 Å². The Labute approximate surface area is 139 Å². The molecule has 0 saturated carbocycles. The molecule has 3 aromatic rings. The highest BCUT2D eigenvalue weighted by Gasteiger charge is 2.25. The van der Waals surface area contributed by atoms with Crippen LogP contribution in [0.5, 0.6) is 0 Å². The lowest BCUT2D eigenvalue weighted by molar-refractivity contribution is -0.112. The second kappa shape index (κ2) is 6.45. The van der Waals surface area contributed by atoms with E-state index in [1.165, 1.54) is 0 Å². The van der Waals surface area contributed by atoms with E-state index in [0.29, 0.717) is 22.8 Å². The lowest BCUT2D eigenvalue weighted by Gasteiger charge is -2.05. The topological polar surface area (TPSA) is 76.9 Å². The Kier molecular flexibility index (Phi) is 4.20. The minimum absolute atomic E-state index is 0.312. The minimum Gasteiger partial charge on any atom is -0.304 e. The van der Waals surface area contributed by atoms with E-state index in [4.69, 9.17) is 0 Å². The van der Waals surface area contributed by atoms with Crippen molar-refractivity contribution in [1.82, 2.24) is 14.8 Å². The fourth-order valence-corrected chi connectivity index (χ4v) is 2.52. The first kappa shape index (κ1) is 15.6. The van der Waals surface area contributed by atoms with Gasteiger partial charge in [0, 0.05) is 6.20 Å². The Balaban J connectivity index is 1.91. The SMILES string of the molecule is Cc1nn(-c2ccccc2)c(C)c1C(=O)C(=O)Nc1ccccn1. The molecule has 0 bridgehead atoms. The number of carbonyl (C=O) groups is 2. The molecule has 3 rings (SSSR count). The molecule has 6 nitrogen and oxygen atoms in total. The molecular weight excluding hydrogens is 304 g/mol. The van der Waals surface area contributed by atoms with Crippen molar-refractivity contribution in [3.05, 3.63) is 71.7 Å². The number of hydrogen-bond donors (Lipinski definition) is 1. The molecule has 2 heterocycles. The number of anilines is 1. The summed E-state index contributed by atoms with van der Waals surface area (Å²) in [7, 11) is 0. The lowest BCUT2D eigenvalue weighted by Crippen LogP contribution is -2.24. The van der Waals surface area contributed by atoms with Gasteiger partial charge in [0.15, 0.2) is 0 Å². The molecule has 2 aromatic heterocycles. The zero-order chi connectivity index (χ0) is 17.1. The number of aryl methyl sites for hydroxylation is 1. The van der Waals surface area contributed by atoms with Gasteiger partial charge in [0.25, 0.3) is 11.7 Å². The molecule has 120 valence electrons. The van der Waals surface area contributed by atoms with E-state index in [-0.39, 0.29) is 0 Å². The van der Waals surface area contributed by atoms with E-state index in [0.717, 1.165) is 5.69 Å². The van der Waals surface area contributed by atoms with Crippen molar-refractivity contribution >= 4 is 17.5 Å². The Bertz CT molecular complexity index is 886. The van der Waals surface area contributed by atoms with E-state index >= 15 is 0 Å². The van der Waals surface area contributed by atoms with Crippen molar-refractivity contribution in [3.63, 3.8) is 0 Å². The van der Waals surface area contributed by atoms with E-state index < -0.39 is 11.7 Å². The second-order valence-electron chi connectivity index (χ2n) is 5.29. The van der Waals surface area contributed by atoms with Crippen LogP contribution in [0, 0.1) is 13.8 Å². The number of benzene rings is 1. The van der Waals surface area contributed by atoms with Crippen LogP contribution < -0.4 is 5.32 Å². The summed E-state index contributed by atoms with van der Waals surface area (Å²) in [5.74, 6) is -1.02. The van der Waals surface area contributed by atoms with Gasteiger partial charge in [-0.05, 0) is 38.1 Å². The van der Waals surface area contributed by atoms with Gasteiger partial charge in [-0.15, -0.1) is 0 Å². The van der Waals surface area contributed by atoms with Crippen LogP contribution in [0.4, 0.5) is 5.82 Å². The third kappa shape index (κ3) is 2.94. The maximum Gasteiger partial charge on any atom is 0.298 e. The number of rotatable bonds is 4. The van der Waals surface area contributed by atoms with Gasteiger partial charge in [0.05, 0.1) is 22.6 Å². The Morgan fingerprint density at radius 2 is 1.71 bits per heavy atom. The number of nitrogens with one attached hydrogen (secondary N) is 1. The van der Waals surface area contributed by atoms with Gasteiger partial charge in [-0.3, -0.25) is 9.59 Å². The van der Waals surface area contributed by atoms with Crippen LogP contribution in [0.1, 0.15) is 21.7 Å². The van der Waals surface area contributed by atoms with Crippen LogP contribution in [0.25, 0.3) is 5.69 Å². The summed E-state index contributed by atoms with van der Waals surface area (Å²) in [6, 6.07) is 14.6. The van der Waals surface area contributed by atoms with Crippen LogP contribution in [-0.4, -0.2) is 26.5 Å². The summed E-state index contributed by atoms with van der Waals surface area (Å²) in [6.45, 7) is 3.49. The molecule has 0 aliphatic rings. The lowest BCUT2D eigenvalue weighted by atomic mass is 10.1. The average Bonchev–Trinajstić information content (AvgIpc) is 2.90. The van der Waals surface area contributed by atoms with Crippen molar-refractivity contribution in [2.45, 2.75) is 13.8 Å². The van der Waals surface area contributed by atoms with E-state index in [1.54, 1.807) is 42.9 Å². The number of para-hydroxylation sites is 1. The fourth-order valence-electron chi connectivity index (χ4n) is 2.52. The first-order valence-electron chi connectivity index (χ1n) is 7.46. The maximum atomic E-state index is 12.5. The number of ketones is 1. The van der Waals surface area contributed by atoms with Gasteiger partial charge in [-0.25, -0.2) is 9.67 Å². The number of carbonyl (C=O) groups excluding carboxylic acids is 2. The molecule has 0 aliphatic heterocycles. The molecule has 1 aromatic carbocycles.